The lowest BCUT2D eigenvalue weighted by molar-refractivity contribution is -0.138. The van der Waals surface area contributed by atoms with Crippen LogP contribution >= 0.6 is 0 Å². The van der Waals surface area contributed by atoms with Gasteiger partial charge in [-0.1, -0.05) is 6.58 Å². The van der Waals surface area contributed by atoms with Gasteiger partial charge in [0.2, 0.25) is 0 Å². The monoisotopic (exact) mass is 169 g/mol. The fourth-order valence-electron chi connectivity index (χ4n) is 0.860. The Kier molecular flexibility index (Phi) is 3.29. The van der Waals surface area contributed by atoms with Gasteiger partial charge in [0, 0.05) is 18.2 Å². The molecular formula is C9H15NO2. The number of nitrogens with one attached hydrogen (secondary N) is 1. The van der Waals surface area contributed by atoms with E-state index in [-0.39, 0.29) is 5.97 Å². The Balaban J connectivity index is 2.12. The molecule has 0 amide bonds. The number of hydrogen-bond donors (Lipinski definition) is 1. The second kappa shape index (κ2) is 4.26. The highest BCUT2D eigenvalue weighted by molar-refractivity contribution is 5.88. The van der Waals surface area contributed by atoms with Crippen LogP contribution in [0.4, 0.5) is 0 Å². The van der Waals surface area contributed by atoms with Gasteiger partial charge < -0.3 is 10.1 Å². The molecule has 0 spiro atoms. The number of ether oxygens (including phenoxy) is 1. The highest BCUT2D eigenvalue weighted by Gasteiger charge is 2.21. The minimum absolute atomic E-state index is 0.286. The summed E-state index contributed by atoms with van der Waals surface area (Å²) in [6.07, 6.45) is 2.44. The summed E-state index contributed by atoms with van der Waals surface area (Å²) in [5.74, 6) is -0.286. The van der Waals surface area contributed by atoms with E-state index in [4.69, 9.17) is 4.74 Å². The maximum atomic E-state index is 11.0. The molecule has 1 N–H and O–H groups in total. The Morgan fingerprint density at radius 1 is 1.67 bits per heavy atom. The summed E-state index contributed by atoms with van der Waals surface area (Å²) in [4.78, 5) is 11.0. The van der Waals surface area contributed by atoms with Crippen molar-refractivity contribution < 1.29 is 9.53 Å². The number of rotatable bonds is 5. The van der Waals surface area contributed by atoms with E-state index in [1.54, 1.807) is 6.92 Å². The van der Waals surface area contributed by atoms with Gasteiger partial charge in [0.25, 0.3) is 0 Å². The van der Waals surface area contributed by atoms with Crippen LogP contribution in [0.15, 0.2) is 12.2 Å². The highest BCUT2D eigenvalue weighted by Crippen LogP contribution is 2.18. The topological polar surface area (TPSA) is 38.3 Å². The van der Waals surface area contributed by atoms with E-state index < -0.39 is 0 Å². The average molecular weight is 169 g/mol. The van der Waals surface area contributed by atoms with Gasteiger partial charge in [0.05, 0.1) is 6.61 Å². The van der Waals surface area contributed by atoms with Gasteiger partial charge in [0.15, 0.2) is 0 Å². The van der Waals surface area contributed by atoms with Crippen molar-refractivity contribution in [3.05, 3.63) is 12.2 Å². The van der Waals surface area contributed by atoms with Gasteiger partial charge in [-0.3, -0.25) is 0 Å². The second-order valence-corrected chi connectivity index (χ2v) is 2.98. The third kappa shape index (κ3) is 3.05. The van der Waals surface area contributed by atoms with Crippen LogP contribution in [0.3, 0.4) is 0 Å². The van der Waals surface area contributed by atoms with Gasteiger partial charge in [-0.15, -0.1) is 0 Å². The van der Waals surface area contributed by atoms with Crippen LogP contribution in [0.1, 0.15) is 19.8 Å². The molecule has 0 aromatic carbocycles. The molecule has 0 atom stereocenters. The first-order chi connectivity index (χ1) is 5.74. The third-order valence-corrected chi connectivity index (χ3v) is 1.75. The summed E-state index contributed by atoms with van der Waals surface area (Å²) in [5.41, 5.74) is 0.517. The SMILES string of the molecule is C=C(CNC1CC1)C(=O)OCC. The molecule has 3 heteroatoms. The van der Waals surface area contributed by atoms with Gasteiger partial charge in [0.1, 0.15) is 0 Å². The molecule has 0 bridgehead atoms. The minimum atomic E-state index is -0.286. The zero-order chi connectivity index (χ0) is 8.97. The van der Waals surface area contributed by atoms with E-state index in [9.17, 15) is 4.79 Å². The van der Waals surface area contributed by atoms with E-state index in [2.05, 4.69) is 11.9 Å². The van der Waals surface area contributed by atoms with Crippen LogP contribution in [-0.4, -0.2) is 25.2 Å². The molecule has 12 heavy (non-hydrogen) atoms. The molecule has 1 fully saturated rings. The van der Waals surface area contributed by atoms with Gasteiger partial charge >= 0.3 is 5.97 Å². The molecule has 0 aromatic heterocycles. The van der Waals surface area contributed by atoms with Gasteiger partial charge in [-0.2, -0.15) is 0 Å². The van der Waals surface area contributed by atoms with E-state index >= 15 is 0 Å². The fourth-order valence-corrected chi connectivity index (χ4v) is 0.860. The lowest BCUT2D eigenvalue weighted by Crippen LogP contribution is -2.23. The normalized spacial score (nSPS) is 15.8. The summed E-state index contributed by atoms with van der Waals surface area (Å²) in [7, 11) is 0. The summed E-state index contributed by atoms with van der Waals surface area (Å²) < 4.78 is 4.78. The standard InChI is InChI=1S/C9H15NO2/c1-3-12-9(11)7(2)6-10-8-4-5-8/h8,10H,2-6H2,1H3. The minimum Gasteiger partial charge on any atom is -0.463 e. The van der Waals surface area contributed by atoms with Crippen molar-refractivity contribution in [2.75, 3.05) is 13.2 Å². The summed E-state index contributed by atoms with van der Waals surface area (Å²) in [6, 6.07) is 0.608. The Labute approximate surface area is 72.8 Å². The van der Waals surface area contributed by atoms with Crippen LogP contribution < -0.4 is 5.32 Å². The molecule has 0 radical (unpaired) electrons. The van der Waals surface area contributed by atoms with Crippen molar-refractivity contribution in [1.29, 1.82) is 0 Å². The lowest BCUT2D eigenvalue weighted by atomic mass is 10.3. The Hall–Kier alpha value is -0.830. The van der Waals surface area contributed by atoms with E-state index in [0.717, 1.165) is 0 Å². The first-order valence-corrected chi connectivity index (χ1v) is 4.32. The molecule has 1 saturated carbocycles. The molecule has 0 aromatic rings. The number of esters is 1. The Bertz CT molecular complexity index is 185. The van der Waals surface area contributed by atoms with E-state index in [1.807, 2.05) is 0 Å². The Morgan fingerprint density at radius 3 is 2.83 bits per heavy atom. The predicted molar refractivity (Wildman–Crippen MR) is 46.8 cm³/mol. The van der Waals surface area contributed by atoms with Crippen LogP contribution in [0.25, 0.3) is 0 Å². The lowest BCUT2D eigenvalue weighted by Gasteiger charge is -2.05. The summed E-state index contributed by atoms with van der Waals surface area (Å²) >= 11 is 0. The summed E-state index contributed by atoms with van der Waals surface area (Å²) in [5, 5.41) is 3.20. The van der Waals surface area contributed by atoms with Crippen molar-refractivity contribution >= 4 is 5.97 Å². The Morgan fingerprint density at radius 2 is 2.33 bits per heavy atom. The molecule has 68 valence electrons. The van der Waals surface area contributed by atoms with E-state index in [0.29, 0.717) is 24.8 Å². The smallest absolute Gasteiger partial charge is 0.334 e. The largest absolute Gasteiger partial charge is 0.463 e. The van der Waals surface area contributed by atoms with Gasteiger partial charge in [-0.05, 0) is 19.8 Å². The number of carbonyl (C=O) groups is 1. The molecule has 0 heterocycles. The van der Waals surface area contributed by atoms with Crippen molar-refractivity contribution in [1.82, 2.24) is 5.32 Å². The molecule has 0 aliphatic heterocycles. The molecule has 0 saturated heterocycles. The average Bonchev–Trinajstić information content (AvgIpc) is 2.83. The molecular weight excluding hydrogens is 154 g/mol. The maximum absolute atomic E-state index is 11.0. The molecule has 3 nitrogen and oxygen atoms in total. The zero-order valence-electron chi connectivity index (χ0n) is 7.43. The quantitative estimate of drug-likeness (QED) is 0.490. The number of carbonyl (C=O) groups excluding carboxylic acids is 1. The van der Waals surface area contributed by atoms with Crippen molar-refractivity contribution in [3.8, 4) is 0 Å². The van der Waals surface area contributed by atoms with Crippen LogP contribution in [0.2, 0.25) is 0 Å². The first kappa shape index (κ1) is 9.26. The third-order valence-electron chi connectivity index (χ3n) is 1.75. The van der Waals surface area contributed by atoms with Crippen molar-refractivity contribution in [3.63, 3.8) is 0 Å². The van der Waals surface area contributed by atoms with Crippen molar-refractivity contribution in [2.24, 2.45) is 0 Å². The molecule has 0 unspecified atom stereocenters. The molecule has 1 aliphatic carbocycles. The van der Waals surface area contributed by atoms with Crippen LogP contribution in [0, 0.1) is 0 Å². The maximum Gasteiger partial charge on any atom is 0.334 e. The summed E-state index contributed by atoms with van der Waals surface area (Å²) in [6.45, 7) is 6.40. The van der Waals surface area contributed by atoms with Crippen molar-refractivity contribution in [2.45, 2.75) is 25.8 Å². The fraction of sp³-hybridized carbons (Fsp3) is 0.667. The van der Waals surface area contributed by atoms with E-state index in [1.165, 1.54) is 12.8 Å². The molecule has 1 aliphatic rings. The first-order valence-electron chi connectivity index (χ1n) is 4.32. The highest BCUT2D eigenvalue weighted by atomic mass is 16.5. The van der Waals surface area contributed by atoms with Gasteiger partial charge in [-0.25, -0.2) is 4.79 Å². The van der Waals surface area contributed by atoms with Crippen LogP contribution in [0.5, 0.6) is 0 Å². The molecule has 1 rings (SSSR count). The second-order valence-electron chi connectivity index (χ2n) is 2.98. The van der Waals surface area contributed by atoms with Crippen LogP contribution in [-0.2, 0) is 9.53 Å². The number of hydrogen-bond acceptors (Lipinski definition) is 3. The predicted octanol–water partition coefficient (Wildman–Crippen LogP) is 0.858. The zero-order valence-corrected chi connectivity index (χ0v) is 7.43.